The van der Waals surface area contributed by atoms with Crippen molar-refractivity contribution in [1.82, 2.24) is 0 Å². The molecule has 0 spiro atoms. The van der Waals surface area contributed by atoms with Crippen molar-refractivity contribution >= 4 is 27.6 Å². The third-order valence-corrected chi connectivity index (χ3v) is 5.52. The number of aliphatic hydroxyl groups is 1. The number of rotatable bonds is 5. The smallest absolute Gasteiger partial charge is 0.340 e. The van der Waals surface area contributed by atoms with Gasteiger partial charge in [0.15, 0.2) is 5.09 Å². The standard InChI is InChI=1S/C20H22O4S/c1-14(2)11-12-25-17(24-3)13-16(18(19(21)22)20(25)23)10-9-15-7-5-4-6-8-15/h4-11,13,23H,12H2,1-3H3,(H,21,22)/b10-9+. The van der Waals surface area contributed by atoms with E-state index in [0.29, 0.717) is 16.4 Å². The lowest BCUT2D eigenvalue weighted by Gasteiger charge is -2.19. The molecule has 0 saturated carbocycles. The molecule has 0 aliphatic carbocycles. The maximum Gasteiger partial charge on any atom is 0.340 e. The molecule has 0 amide bonds. The summed E-state index contributed by atoms with van der Waals surface area (Å²) in [6, 6.07) is 9.57. The summed E-state index contributed by atoms with van der Waals surface area (Å²) in [6.45, 7) is 3.92. The van der Waals surface area contributed by atoms with Gasteiger partial charge in [0.05, 0.1) is 0 Å². The van der Waals surface area contributed by atoms with E-state index in [0.717, 1.165) is 11.1 Å². The van der Waals surface area contributed by atoms with Crippen LogP contribution in [-0.4, -0.2) is 34.1 Å². The first-order valence-corrected chi connectivity index (χ1v) is 9.20. The van der Waals surface area contributed by atoms with Crippen LogP contribution in [0.25, 0.3) is 6.08 Å². The molecule has 1 aliphatic rings. The first-order chi connectivity index (χ1) is 11.9. The summed E-state index contributed by atoms with van der Waals surface area (Å²) in [4.78, 5) is 11.7. The zero-order valence-corrected chi connectivity index (χ0v) is 15.3. The minimum Gasteiger partial charge on any atom is -0.502 e. The Balaban J connectivity index is 2.50. The van der Waals surface area contributed by atoms with E-state index in [1.165, 1.54) is 7.11 Å². The summed E-state index contributed by atoms with van der Waals surface area (Å²) in [5.74, 6) is -0.633. The number of aliphatic hydroxyl groups excluding tert-OH is 1. The predicted octanol–water partition coefficient (Wildman–Crippen LogP) is 4.51. The van der Waals surface area contributed by atoms with E-state index in [1.807, 2.05) is 56.3 Å². The average Bonchev–Trinajstić information content (AvgIpc) is 2.58. The summed E-state index contributed by atoms with van der Waals surface area (Å²) < 4.78 is 5.42. The number of carboxylic acids is 1. The fourth-order valence-corrected chi connectivity index (χ4v) is 4.21. The van der Waals surface area contributed by atoms with Gasteiger partial charge in [0, 0.05) is 12.9 Å². The van der Waals surface area contributed by atoms with Crippen LogP contribution in [0.4, 0.5) is 0 Å². The summed E-state index contributed by atoms with van der Waals surface area (Å²) in [5.41, 5.74) is 2.40. The van der Waals surface area contributed by atoms with Crippen molar-refractivity contribution in [2.24, 2.45) is 0 Å². The van der Waals surface area contributed by atoms with Crippen molar-refractivity contribution in [3.63, 3.8) is 0 Å². The highest BCUT2D eigenvalue weighted by Crippen LogP contribution is 2.36. The molecule has 1 heterocycles. The van der Waals surface area contributed by atoms with Gasteiger partial charge < -0.3 is 14.9 Å². The number of ether oxygens (including phenoxy) is 1. The minimum absolute atomic E-state index is 0.0709. The van der Waals surface area contributed by atoms with E-state index in [2.05, 4.69) is 0 Å². The molecule has 0 bridgehead atoms. The van der Waals surface area contributed by atoms with Crippen LogP contribution in [0.2, 0.25) is 0 Å². The maximum absolute atomic E-state index is 11.7. The Morgan fingerprint density at radius 1 is 1.20 bits per heavy atom. The number of carboxylic acid groups (broad SMARTS) is 1. The summed E-state index contributed by atoms with van der Waals surface area (Å²) in [7, 11) is 0.729. The van der Waals surface area contributed by atoms with Crippen LogP contribution in [0.15, 0.2) is 70.4 Å². The van der Waals surface area contributed by atoms with E-state index in [9.17, 15) is 15.0 Å². The van der Waals surface area contributed by atoms with Gasteiger partial charge in [0.1, 0.15) is 10.6 Å². The monoisotopic (exact) mass is 358 g/mol. The lowest BCUT2D eigenvalue weighted by Crippen LogP contribution is -2.14. The number of allylic oxidation sites excluding steroid dienone is 2. The lowest BCUT2D eigenvalue weighted by molar-refractivity contribution is -0.132. The summed E-state index contributed by atoms with van der Waals surface area (Å²) in [5, 5.41) is 20.6. The topological polar surface area (TPSA) is 66.8 Å². The zero-order chi connectivity index (χ0) is 18.4. The van der Waals surface area contributed by atoms with Gasteiger partial charge in [0.2, 0.25) is 0 Å². The highest BCUT2D eigenvalue weighted by atomic mass is 32.2. The number of methoxy groups -OCH3 is 1. The van der Waals surface area contributed by atoms with Crippen LogP contribution in [0.5, 0.6) is 0 Å². The first kappa shape index (κ1) is 19.0. The molecule has 25 heavy (non-hydrogen) atoms. The van der Waals surface area contributed by atoms with Crippen LogP contribution >= 0.6 is 10.5 Å². The van der Waals surface area contributed by atoms with Crippen LogP contribution in [0.1, 0.15) is 19.4 Å². The fourth-order valence-electron chi connectivity index (χ4n) is 2.28. The SMILES string of the molecule is COC1=S(CC=C(C)C)C(O)=C(C(=O)O)C(/C=C/c2ccccc2)=C1. The normalized spacial score (nSPS) is 17.6. The van der Waals surface area contributed by atoms with Crippen LogP contribution in [0, 0.1) is 0 Å². The Labute approximate surface area is 150 Å². The minimum atomic E-state index is -1.15. The summed E-state index contributed by atoms with van der Waals surface area (Å²) in [6.07, 6.45) is 7.17. The molecule has 132 valence electrons. The Morgan fingerprint density at radius 2 is 1.88 bits per heavy atom. The third kappa shape index (κ3) is 4.81. The second-order valence-corrected chi connectivity index (χ2v) is 7.59. The lowest BCUT2D eigenvalue weighted by atomic mass is 10.0. The van der Waals surface area contributed by atoms with E-state index >= 15 is 0 Å². The number of aliphatic carboxylic acids is 1. The highest BCUT2D eigenvalue weighted by molar-refractivity contribution is 8.19. The predicted molar refractivity (Wildman–Crippen MR) is 105 cm³/mol. The molecule has 4 nitrogen and oxygen atoms in total. The molecular weight excluding hydrogens is 336 g/mol. The molecule has 0 fully saturated rings. The molecule has 0 aromatic heterocycles. The molecule has 0 radical (unpaired) electrons. The number of benzene rings is 1. The highest BCUT2D eigenvalue weighted by Gasteiger charge is 2.25. The fraction of sp³-hybridized carbons (Fsp3) is 0.200. The van der Waals surface area contributed by atoms with E-state index in [4.69, 9.17) is 4.74 Å². The molecule has 1 unspecified atom stereocenters. The molecule has 5 heteroatoms. The second kappa shape index (κ2) is 8.65. The molecular formula is C20H22O4S. The van der Waals surface area contributed by atoms with Crippen molar-refractivity contribution < 1.29 is 19.7 Å². The van der Waals surface area contributed by atoms with Crippen molar-refractivity contribution in [2.75, 3.05) is 12.9 Å². The van der Waals surface area contributed by atoms with Gasteiger partial charge in [-0.3, -0.25) is 0 Å². The van der Waals surface area contributed by atoms with Gasteiger partial charge in [-0.25, -0.2) is 4.79 Å². The molecule has 1 atom stereocenters. The Hall–Kier alpha value is -2.37. The van der Waals surface area contributed by atoms with Gasteiger partial charge >= 0.3 is 5.97 Å². The van der Waals surface area contributed by atoms with Crippen molar-refractivity contribution in [3.05, 3.63) is 75.9 Å². The van der Waals surface area contributed by atoms with Crippen molar-refractivity contribution in [1.29, 1.82) is 0 Å². The molecule has 0 saturated heterocycles. The maximum atomic E-state index is 11.7. The number of hydrogen-bond donors (Lipinski definition) is 2. The van der Waals surface area contributed by atoms with Gasteiger partial charge in [-0.15, -0.1) is 0 Å². The zero-order valence-electron chi connectivity index (χ0n) is 14.5. The Morgan fingerprint density at radius 3 is 2.44 bits per heavy atom. The van der Waals surface area contributed by atoms with Gasteiger partial charge in [-0.05, 0) is 31.1 Å². The van der Waals surface area contributed by atoms with Crippen molar-refractivity contribution in [3.8, 4) is 0 Å². The second-order valence-electron chi connectivity index (χ2n) is 5.69. The number of carbonyl (C=O) groups is 1. The summed E-state index contributed by atoms with van der Waals surface area (Å²) >= 11 is 0. The number of hydrogen-bond acceptors (Lipinski definition) is 3. The average molecular weight is 358 g/mol. The van der Waals surface area contributed by atoms with Crippen LogP contribution in [0.3, 0.4) is 0 Å². The molecule has 2 rings (SSSR count). The van der Waals surface area contributed by atoms with Gasteiger partial charge in [0.25, 0.3) is 0 Å². The van der Waals surface area contributed by atoms with Crippen LogP contribution < -0.4 is 0 Å². The Kier molecular flexibility index (Phi) is 6.56. The first-order valence-electron chi connectivity index (χ1n) is 7.81. The van der Waals surface area contributed by atoms with Crippen LogP contribution in [-0.2, 0) is 9.53 Å². The Bertz CT molecular complexity index is 807. The molecule has 1 aromatic rings. The third-order valence-electron chi connectivity index (χ3n) is 3.58. The molecule has 2 N–H and O–H groups in total. The van der Waals surface area contributed by atoms with E-state index in [-0.39, 0.29) is 10.7 Å². The largest absolute Gasteiger partial charge is 0.502 e. The van der Waals surface area contributed by atoms with E-state index in [1.54, 1.807) is 12.2 Å². The molecule has 1 aliphatic heterocycles. The van der Waals surface area contributed by atoms with E-state index < -0.39 is 16.5 Å². The van der Waals surface area contributed by atoms with Crippen molar-refractivity contribution in [2.45, 2.75) is 13.8 Å². The quantitative estimate of drug-likeness (QED) is 0.600. The van der Waals surface area contributed by atoms with Gasteiger partial charge in [-0.1, -0.05) is 64.6 Å². The molecule has 1 aromatic carbocycles. The van der Waals surface area contributed by atoms with Gasteiger partial charge in [-0.2, -0.15) is 0 Å².